The summed E-state index contributed by atoms with van der Waals surface area (Å²) in [6, 6.07) is 10.6. The number of nitrogens with one attached hydrogen (secondary N) is 1. The molecular formula is C19H23BrN2O3S2. The van der Waals surface area contributed by atoms with Crippen molar-refractivity contribution < 1.29 is 13.2 Å². The van der Waals surface area contributed by atoms with E-state index in [2.05, 4.69) is 40.3 Å². The zero-order chi connectivity index (χ0) is 19.6. The van der Waals surface area contributed by atoms with Gasteiger partial charge in [-0.05, 0) is 65.4 Å². The molecule has 1 aliphatic heterocycles. The van der Waals surface area contributed by atoms with Crippen LogP contribution in [0.2, 0.25) is 0 Å². The zero-order valence-electron chi connectivity index (χ0n) is 15.3. The van der Waals surface area contributed by atoms with Crippen molar-refractivity contribution in [1.29, 1.82) is 0 Å². The van der Waals surface area contributed by atoms with E-state index in [1.165, 1.54) is 9.87 Å². The summed E-state index contributed by atoms with van der Waals surface area (Å²) < 4.78 is 28.2. The molecule has 0 aliphatic carbocycles. The van der Waals surface area contributed by atoms with Crippen molar-refractivity contribution in [3.8, 4) is 0 Å². The number of amides is 1. The summed E-state index contributed by atoms with van der Waals surface area (Å²) in [5, 5.41) is 2.98. The number of hydrogen-bond donors (Lipinski definition) is 1. The van der Waals surface area contributed by atoms with Crippen LogP contribution in [0, 0.1) is 0 Å². The van der Waals surface area contributed by atoms with Gasteiger partial charge in [-0.3, -0.25) is 4.79 Å². The van der Waals surface area contributed by atoms with E-state index >= 15 is 0 Å². The van der Waals surface area contributed by atoms with Gasteiger partial charge < -0.3 is 5.32 Å². The molecule has 0 saturated carbocycles. The Morgan fingerprint density at radius 3 is 2.59 bits per heavy atom. The first-order valence-corrected chi connectivity index (χ1v) is 12.0. The van der Waals surface area contributed by atoms with Gasteiger partial charge in [0.2, 0.25) is 5.91 Å². The number of thiophene rings is 1. The van der Waals surface area contributed by atoms with E-state index in [0.29, 0.717) is 19.4 Å². The van der Waals surface area contributed by atoms with Gasteiger partial charge in [0, 0.05) is 6.54 Å². The van der Waals surface area contributed by atoms with Gasteiger partial charge >= 0.3 is 0 Å². The molecule has 1 aliphatic rings. The van der Waals surface area contributed by atoms with Gasteiger partial charge in [0.15, 0.2) is 0 Å². The molecule has 1 amide bonds. The van der Waals surface area contributed by atoms with E-state index < -0.39 is 16.1 Å². The second-order valence-corrected chi connectivity index (χ2v) is 11.2. The third-order valence-electron chi connectivity index (χ3n) is 4.86. The van der Waals surface area contributed by atoms with E-state index in [0.717, 1.165) is 27.1 Å². The lowest BCUT2D eigenvalue weighted by molar-refractivity contribution is -0.124. The van der Waals surface area contributed by atoms with Crippen LogP contribution in [0.3, 0.4) is 0 Å². The molecule has 1 saturated heterocycles. The van der Waals surface area contributed by atoms with Crippen LogP contribution >= 0.6 is 27.3 Å². The van der Waals surface area contributed by atoms with Crippen LogP contribution in [0.4, 0.5) is 0 Å². The van der Waals surface area contributed by atoms with E-state index in [1.54, 1.807) is 12.1 Å². The molecule has 3 rings (SSSR count). The summed E-state index contributed by atoms with van der Waals surface area (Å²) in [6.07, 6.45) is 2.19. The number of sulfonamides is 1. The number of aryl methyl sites for hydroxylation is 1. The van der Waals surface area contributed by atoms with Crippen molar-refractivity contribution in [1.82, 2.24) is 9.62 Å². The van der Waals surface area contributed by atoms with Crippen LogP contribution < -0.4 is 5.32 Å². The maximum atomic E-state index is 12.9. The van der Waals surface area contributed by atoms with Crippen LogP contribution in [0.15, 0.2) is 44.4 Å². The highest BCUT2D eigenvalue weighted by Crippen LogP contribution is 2.32. The summed E-state index contributed by atoms with van der Waals surface area (Å²) in [5.74, 6) is -0.237. The molecule has 1 fully saturated rings. The molecule has 2 atom stereocenters. The van der Waals surface area contributed by atoms with Crippen molar-refractivity contribution in [2.45, 2.75) is 49.4 Å². The Hall–Kier alpha value is -1.22. The minimum atomic E-state index is -3.66. The molecule has 27 heavy (non-hydrogen) atoms. The number of halogens is 1. The molecule has 1 aromatic carbocycles. The van der Waals surface area contributed by atoms with Crippen molar-refractivity contribution in [3.05, 3.63) is 51.3 Å². The summed E-state index contributed by atoms with van der Waals surface area (Å²) in [7, 11) is -3.66. The van der Waals surface area contributed by atoms with E-state index in [9.17, 15) is 13.2 Å². The van der Waals surface area contributed by atoms with Gasteiger partial charge in [0.25, 0.3) is 10.0 Å². The summed E-state index contributed by atoms with van der Waals surface area (Å²) in [6.45, 7) is 4.39. The number of carbonyl (C=O) groups is 1. The van der Waals surface area contributed by atoms with Gasteiger partial charge in [-0.25, -0.2) is 8.42 Å². The SMILES string of the molecule is CCc1ccc(C(C)NC(=O)C2CCCN2S(=O)(=O)c2ccc(Br)s2)cc1. The molecule has 5 nitrogen and oxygen atoms in total. The number of nitrogens with zero attached hydrogens (tertiary/aromatic N) is 1. The first-order chi connectivity index (χ1) is 12.8. The van der Waals surface area contributed by atoms with Crippen LogP contribution in [0.1, 0.15) is 43.9 Å². The summed E-state index contributed by atoms with van der Waals surface area (Å²) in [4.78, 5) is 12.8. The second-order valence-electron chi connectivity index (χ2n) is 6.66. The second kappa shape index (κ2) is 8.43. The quantitative estimate of drug-likeness (QED) is 0.690. The molecule has 1 N–H and O–H groups in total. The highest BCUT2D eigenvalue weighted by molar-refractivity contribution is 9.11. The Bertz CT molecular complexity index is 909. The Balaban J connectivity index is 1.73. The molecule has 2 unspecified atom stereocenters. The highest BCUT2D eigenvalue weighted by atomic mass is 79.9. The lowest BCUT2D eigenvalue weighted by Crippen LogP contribution is -2.46. The lowest BCUT2D eigenvalue weighted by atomic mass is 10.0. The average Bonchev–Trinajstić information content (AvgIpc) is 3.31. The number of hydrogen-bond acceptors (Lipinski definition) is 4. The summed E-state index contributed by atoms with van der Waals surface area (Å²) >= 11 is 4.47. The Labute approximate surface area is 173 Å². The monoisotopic (exact) mass is 470 g/mol. The van der Waals surface area contributed by atoms with Crippen molar-refractivity contribution in [3.63, 3.8) is 0 Å². The molecule has 0 radical (unpaired) electrons. The minimum Gasteiger partial charge on any atom is -0.348 e. The maximum absolute atomic E-state index is 12.9. The minimum absolute atomic E-state index is 0.176. The molecule has 0 bridgehead atoms. The topological polar surface area (TPSA) is 66.5 Å². The smallest absolute Gasteiger partial charge is 0.253 e. The highest BCUT2D eigenvalue weighted by Gasteiger charge is 2.40. The standard InChI is InChI=1S/C19H23BrN2O3S2/c1-3-14-6-8-15(9-7-14)13(2)21-19(23)16-5-4-12-22(16)27(24,25)18-11-10-17(20)26-18/h6-11,13,16H,3-5,12H2,1-2H3,(H,21,23). The van der Waals surface area contributed by atoms with E-state index in [-0.39, 0.29) is 16.2 Å². The van der Waals surface area contributed by atoms with Crippen LogP contribution in [0.25, 0.3) is 0 Å². The lowest BCUT2D eigenvalue weighted by Gasteiger charge is -2.24. The predicted molar refractivity (Wildman–Crippen MR) is 111 cm³/mol. The number of benzene rings is 1. The largest absolute Gasteiger partial charge is 0.348 e. The molecule has 1 aromatic heterocycles. The molecular weight excluding hydrogens is 448 g/mol. The normalized spacial score (nSPS) is 19.1. The summed E-state index contributed by atoms with van der Waals surface area (Å²) in [5.41, 5.74) is 2.25. The fourth-order valence-electron chi connectivity index (χ4n) is 3.28. The van der Waals surface area contributed by atoms with E-state index in [1.807, 2.05) is 19.1 Å². The number of rotatable bonds is 6. The zero-order valence-corrected chi connectivity index (χ0v) is 18.5. The Morgan fingerprint density at radius 2 is 2.00 bits per heavy atom. The van der Waals surface area contributed by atoms with E-state index in [4.69, 9.17) is 0 Å². The fourth-order valence-corrected chi connectivity index (χ4v) is 7.07. The van der Waals surface area contributed by atoms with Crippen molar-refractivity contribution >= 4 is 43.2 Å². The van der Waals surface area contributed by atoms with Crippen molar-refractivity contribution in [2.75, 3.05) is 6.54 Å². The first kappa shape index (κ1) is 20.5. The third kappa shape index (κ3) is 4.45. The van der Waals surface area contributed by atoms with Crippen LogP contribution in [-0.4, -0.2) is 31.2 Å². The average molecular weight is 471 g/mol. The molecule has 2 heterocycles. The fraction of sp³-hybridized carbons (Fsp3) is 0.421. The first-order valence-electron chi connectivity index (χ1n) is 8.99. The van der Waals surface area contributed by atoms with Crippen molar-refractivity contribution in [2.24, 2.45) is 0 Å². The predicted octanol–water partition coefficient (Wildman–Crippen LogP) is 4.10. The van der Waals surface area contributed by atoms with Gasteiger partial charge in [-0.1, -0.05) is 31.2 Å². The van der Waals surface area contributed by atoms with Gasteiger partial charge in [-0.2, -0.15) is 4.31 Å². The molecule has 146 valence electrons. The molecule has 2 aromatic rings. The van der Waals surface area contributed by atoms with Gasteiger partial charge in [-0.15, -0.1) is 11.3 Å². The van der Waals surface area contributed by atoms with Gasteiger partial charge in [0.05, 0.1) is 9.83 Å². The maximum Gasteiger partial charge on any atom is 0.253 e. The van der Waals surface area contributed by atoms with Crippen LogP contribution in [-0.2, 0) is 21.2 Å². The molecule has 8 heteroatoms. The molecule has 0 spiro atoms. The van der Waals surface area contributed by atoms with Crippen LogP contribution in [0.5, 0.6) is 0 Å². The Kier molecular flexibility index (Phi) is 6.40. The van der Waals surface area contributed by atoms with Gasteiger partial charge in [0.1, 0.15) is 10.3 Å². The third-order valence-corrected chi connectivity index (χ3v) is 8.86. The Morgan fingerprint density at radius 1 is 1.30 bits per heavy atom. The number of carbonyl (C=O) groups excluding carboxylic acids is 1.